The summed E-state index contributed by atoms with van der Waals surface area (Å²) in [5.74, 6) is -0.132. The highest BCUT2D eigenvalue weighted by molar-refractivity contribution is 9.11. The van der Waals surface area contributed by atoms with Crippen LogP contribution in [0, 0.1) is 0 Å². The molecule has 106 valence electrons. The number of amides is 1. The zero-order valence-electron chi connectivity index (χ0n) is 11.3. The van der Waals surface area contributed by atoms with Gasteiger partial charge in [-0.25, -0.2) is 0 Å². The van der Waals surface area contributed by atoms with Crippen LogP contribution in [0.4, 0.5) is 11.4 Å². The van der Waals surface area contributed by atoms with Crippen molar-refractivity contribution in [3.8, 4) is 0 Å². The third-order valence-electron chi connectivity index (χ3n) is 2.97. The first-order valence-corrected chi connectivity index (χ1v) is 7.74. The van der Waals surface area contributed by atoms with Crippen LogP contribution < -0.4 is 16.0 Å². The van der Waals surface area contributed by atoms with E-state index in [4.69, 9.17) is 5.73 Å². The minimum Gasteiger partial charge on any atom is -0.397 e. The van der Waals surface area contributed by atoms with Gasteiger partial charge < -0.3 is 16.0 Å². The molecule has 0 bridgehead atoms. The second kappa shape index (κ2) is 6.28. The number of benzene rings is 1. The molecule has 1 amide bonds. The van der Waals surface area contributed by atoms with Gasteiger partial charge in [-0.15, -0.1) is 11.3 Å². The van der Waals surface area contributed by atoms with Crippen molar-refractivity contribution < 1.29 is 4.79 Å². The number of nitrogens with two attached hydrogens (primary N) is 1. The van der Waals surface area contributed by atoms with Gasteiger partial charge >= 0.3 is 0 Å². The van der Waals surface area contributed by atoms with Crippen LogP contribution >= 0.6 is 27.3 Å². The lowest BCUT2D eigenvalue weighted by Gasteiger charge is -2.21. The zero-order valence-corrected chi connectivity index (χ0v) is 13.7. The van der Waals surface area contributed by atoms with Crippen LogP contribution in [-0.4, -0.2) is 20.0 Å². The summed E-state index contributed by atoms with van der Waals surface area (Å²) in [6, 6.07) is 7.45. The van der Waals surface area contributed by atoms with E-state index in [1.165, 1.54) is 5.56 Å². The number of nitrogen functional groups attached to an aromatic ring is 1. The van der Waals surface area contributed by atoms with Gasteiger partial charge in [0.25, 0.3) is 5.91 Å². The molecule has 0 unspecified atom stereocenters. The van der Waals surface area contributed by atoms with Crippen molar-refractivity contribution in [3.05, 3.63) is 44.6 Å². The molecular weight excluding hydrogens is 338 g/mol. The molecule has 20 heavy (non-hydrogen) atoms. The summed E-state index contributed by atoms with van der Waals surface area (Å²) in [5.41, 5.74) is 9.35. The molecule has 0 aliphatic carbocycles. The molecule has 2 rings (SSSR count). The molecule has 0 aliphatic heterocycles. The molecule has 0 aliphatic rings. The van der Waals surface area contributed by atoms with Crippen LogP contribution in [0.5, 0.6) is 0 Å². The second-order valence-electron chi connectivity index (χ2n) is 4.47. The van der Waals surface area contributed by atoms with Crippen molar-refractivity contribution in [1.82, 2.24) is 5.32 Å². The van der Waals surface area contributed by atoms with Crippen LogP contribution in [0.2, 0.25) is 0 Å². The van der Waals surface area contributed by atoms with Crippen LogP contribution in [0.3, 0.4) is 0 Å². The number of nitrogens with one attached hydrogen (secondary N) is 1. The summed E-state index contributed by atoms with van der Waals surface area (Å²) in [4.78, 5) is 13.6. The number of rotatable bonds is 4. The average Bonchev–Trinajstić information content (AvgIpc) is 2.82. The largest absolute Gasteiger partial charge is 0.397 e. The maximum atomic E-state index is 11.6. The Hall–Kier alpha value is -1.53. The number of thiophene rings is 1. The fraction of sp³-hybridized carbons (Fsp3) is 0.214. The predicted octanol–water partition coefficient (Wildman–Crippen LogP) is 3.09. The second-order valence-corrected chi connectivity index (χ2v) is 6.76. The summed E-state index contributed by atoms with van der Waals surface area (Å²) in [6.45, 7) is 0.769. The van der Waals surface area contributed by atoms with Crippen molar-refractivity contribution in [2.75, 3.05) is 24.7 Å². The molecule has 2 aromatic rings. The smallest absolute Gasteiger partial charge is 0.251 e. The first kappa shape index (κ1) is 14.9. The molecule has 0 atom stereocenters. The minimum atomic E-state index is -0.132. The van der Waals surface area contributed by atoms with Gasteiger partial charge in [0, 0.05) is 26.2 Å². The lowest BCUT2D eigenvalue weighted by molar-refractivity contribution is 0.0963. The van der Waals surface area contributed by atoms with E-state index < -0.39 is 0 Å². The van der Waals surface area contributed by atoms with E-state index in [-0.39, 0.29) is 5.91 Å². The Balaban J connectivity index is 2.17. The number of carbonyl (C=O) groups excluding carboxylic acids is 1. The average molecular weight is 354 g/mol. The molecule has 1 aromatic carbocycles. The molecule has 4 nitrogen and oxygen atoms in total. The van der Waals surface area contributed by atoms with E-state index in [1.807, 2.05) is 13.1 Å². The molecular formula is C14H16BrN3OS. The normalized spacial score (nSPS) is 10.3. The molecule has 0 spiro atoms. The van der Waals surface area contributed by atoms with Crippen molar-refractivity contribution in [2.24, 2.45) is 0 Å². The molecule has 1 heterocycles. The van der Waals surface area contributed by atoms with E-state index in [0.29, 0.717) is 11.3 Å². The zero-order chi connectivity index (χ0) is 14.7. The lowest BCUT2D eigenvalue weighted by atomic mass is 10.1. The van der Waals surface area contributed by atoms with Crippen molar-refractivity contribution in [2.45, 2.75) is 6.54 Å². The number of hydrogen-bond acceptors (Lipinski definition) is 4. The van der Waals surface area contributed by atoms with Gasteiger partial charge in [-0.1, -0.05) is 0 Å². The number of hydrogen-bond donors (Lipinski definition) is 2. The first-order chi connectivity index (χ1) is 9.51. The summed E-state index contributed by atoms with van der Waals surface area (Å²) in [5, 5.41) is 4.69. The number of anilines is 2. The summed E-state index contributed by atoms with van der Waals surface area (Å²) < 4.78 is 1.11. The Morgan fingerprint density at radius 1 is 1.45 bits per heavy atom. The van der Waals surface area contributed by atoms with E-state index in [0.717, 1.165) is 16.0 Å². The van der Waals surface area contributed by atoms with E-state index >= 15 is 0 Å². The SMILES string of the molecule is CNC(=O)c1ccc(N(C)Cc2csc(Br)c2)c(N)c1. The predicted molar refractivity (Wildman–Crippen MR) is 88.4 cm³/mol. The topological polar surface area (TPSA) is 58.4 Å². The van der Waals surface area contributed by atoms with E-state index in [9.17, 15) is 4.79 Å². The first-order valence-electron chi connectivity index (χ1n) is 6.07. The number of carbonyl (C=O) groups is 1. The summed E-state index contributed by atoms with van der Waals surface area (Å²) >= 11 is 5.12. The summed E-state index contributed by atoms with van der Waals surface area (Å²) in [6.07, 6.45) is 0. The third kappa shape index (κ3) is 3.32. The van der Waals surface area contributed by atoms with Crippen molar-refractivity contribution in [1.29, 1.82) is 0 Å². The highest BCUT2D eigenvalue weighted by Crippen LogP contribution is 2.27. The minimum absolute atomic E-state index is 0.132. The Bertz CT molecular complexity index is 627. The van der Waals surface area contributed by atoms with Gasteiger partial charge in [0.1, 0.15) is 0 Å². The standard InChI is InChI=1S/C14H16BrN3OS/c1-17-14(19)10-3-4-12(11(16)6-10)18(2)7-9-5-13(15)20-8-9/h3-6,8H,7,16H2,1-2H3,(H,17,19). The third-order valence-corrected chi connectivity index (χ3v) is 4.52. The Labute approximate surface area is 130 Å². The van der Waals surface area contributed by atoms with Gasteiger partial charge in [-0.2, -0.15) is 0 Å². The van der Waals surface area contributed by atoms with Crippen molar-refractivity contribution in [3.63, 3.8) is 0 Å². The maximum absolute atomic E-state index is 11.6. The molecule has 1 aromatic heterocycles. The van der Waals surface area contributed by atoms with Gasteiger partial charge in [-0.3, -0.25) is 4.79 Å². The summed E-state index contributed by atoms with van der Waals surface area (Å²) in [7, 11) is 3.59. The van der Waals surface area contributed by atoms with Crippen LogP contribution in [-0.2, 0) is 6.54 Å². The molecule has 0 radical (unpaired) electrons. The van der Waals surface area contributed by atoms with Crippen LogP contribution in [0.15, 0.2) is 33.4 Å². The molecule has 0 fully saturated rings. The van der Waals surface area contributed by atoms with E-state index in [1.54, 1.807) is 30.5 Å². The highest BCUT2D eigenvalue weighted by Gasteiger charge is 2.10. The number of halogens is 1. The Morgan fingerprint density at radius 2 is 2.20 bits per heavy atom. The fourth-order valence-electron chi connectivity index (χ4n) is 1.98. The van der Waals surface area contributed by atoms with Gasteiger partial charge in [0.05, 0.1) is 15.2 Å². The lowest BCUT2D eigenvalue weighted by Crippen LogP contribution is -2.20. The van der Waals surface area contributed by atoms with Gasteiger partial charge in [0.15, 0.2) is 0 Å². The van der Waals surface area contributed by atoms with Crippen LogP contribution in [0.1, 0.15) is 15.9 Å². The molecule has 0 saturated heterocycles. The molecule has 0 saturated carbocycles. The fourth-order valence-corrected chi connectivity index (χ4v) is 3.18. The molecule has 3 N–H and O–H groups in total. The van der Waals surface area contributed by atoms with E-state index in [2.05, 4.69) is 37.6 Å². The quantitative estimate of drug-likeness (QED) is 0.830. The van der Waals surface area contributed by atoms with Gasteiger partial charge in [0.2, 0.25) is 0 Å². The Morgan fingerprint density at radius 3 is 2.75 bits per heavy atom. The Kier molecular flexibility index (Phi) is 4.67. The van der Waals surface area contributed by atoms with Gasteiger partial charge in [-0.05, 0) is 51.1 Å². The van der Waals surface area contributed by atoms with Crippen LogP contribution in [0.25, 0.3) is 0 Å². The number of nitrogens with zero attached hydrogens (tertiary/aromatic N) is 1. The maximum Gasteiger partial charge on any atom is 0.251 e. The van der Waals surface area contributed by atoms with Crippen molar-refractivity contribution >= 4 is 44.5 Å². The highest BCUT2D eigenvalue weighted by atomic mass is 79.9. The molecule has 6 heteroatoms. The monoisotopic (exact) mass is 353 g/mol.